The summed E-state index contributed by atoms with van der Waals surface area (Å²) in [6, 6.07) is -0.861. The van der Waals surface area contributed by atoms with Crippen molar-refractivity contribution in [1.82, 2.24) is 0 Å². The van der Waals surface area contributed by atoms with Crippen molar-refractivity contribution < 1.29 is 14.6 Å². The lowest BCUT2D eigenvalue weighted by atomic mass is 10.1. The zero-order chi connectivity index (χ0) is 8.43. The van der Waals surface area contributed by atoms with Crippen molar-refractivity contribution in [2.45, 2.75) is 38.0 Å². The van der Waals surface area contributed by atoms with Crippen LogP contribution in [0.5, 0.6) is 0 Å². The van der Waals surface area contributed by atoms with E-state index in [0.29, 0.717) is 0 Å². The number of rotatable bonds is 2. The monoisotopic (exact) mass is 159 g/mol. The van der Waals surface area contributed by atoms with E-state index in [0.717, 1.165) is 12.8 Å². The van der Waals surface area contributed by atoms with E-state index in [2.05, 4.69) is 0 Å². The van der Waals surface area contributed by atoms with E-state index in [1.165, 1.54) is 0 Å². The van der Waals surface area contributed by atoms with Crippen LogP contribution in [0.2, 0.25) is 0 Å². The molecule has 3 atom stereocenters. The lowest BCUT2D eigenvalue weighted by molar-refractivity contribution is -0.142. The zero-order valence-electron chi connectivity index (χ0n) is 6.49. The van der Waals surface area contributed by atoms with Crippen LogP contribution in [-0.4, -0.2) is 29.3 Å². The lowest BCUT2D eigenvalue weighted by Gasteiger charge is -2.14. The molecule has 3 N–H and O–H groups in total. The molecule has 64 valence electrons. The van der Waals surface area contributed by atoms with Gasteiger partial charge in [-0.2, -0.15) is 0 Å². The molecule has 0 aromatic heterocycles. The minimum atomic E-state index is -0.982. The van der Waals surface area contributed by atoms with Gasteiger partial charge in [-0.15, -0.1) is 0 Å². The Hall–Kier alpha value is -0.610. The molecule has 0 radical (unpaired) electrons. The van der Waals surface area contributed by atoms with Gasteiger partial charge in [0.1, 0.15) is 6.04 Å². The van der Waals surface area contributed by atoms with Crippen LogP contribution >= 0.6 is 0 Å². The van der Waals surface area contributed by atoms with E-state index in [9.17, 15) is 4.79 Å². The summed E-state index contributed by atoms with van der Waals surface area (Å²) in [6.45, 7) is 1.93. The highest BCUT2D eigenvalue weighted by atomic mass is 16.5. The SMILES string of the molecule is CC1CCC(C(N)C(=O)O)O1. The second-order valence-corrected chi connectivity index (χ2v) is 2.93. The number of hydrogen-bond donors (Lipinski definition) is 2. The molecule has 1 rings (SSSR count). The maximum absolute atomic E-state index is 10.4. The molecule has 0 aromatic carbocycles. The molecular weight excluding hydrogens is 146 g/mol. The van der Waals surface area contributed by atoms with Crippen molar-refractivity contribution in [3.63, 3.8) is 0 Å². The standard InChI is InChI=1S/C7H13NO3/c1-4-2-3-5(11-4)6(8)7(9)10/h4-6H,2-3,8H2,1H3,(H,9,10). The van der Waals surface area contributed by atoms with Gasteiger partial charge in [0.25, 0.3) is 0 Å². The largest absolute Gasteiger partial charge is 0.480 e. The van der Waals surface area contributed by atoms with E-state index < -0.39 is 12.0 Å². The van der Waals surface area contributed by atoms with Gasteiger partial charge in [-0.05, 0) is 19.8 Å². The molecule has 0 spiro atoms. The molecular formula is C7H13NO3. The molecule has 0 bridgehead atoms. The molecule has 4 heteroatoms. The molecule has 0 aromatic rings. The molecule has 11 heavy (non-hydrogen) atoms. The summed E-state index contributed by atoms with van der Waals surface area (Å²) in [5, 5.41) is 8.52. The maximum atomic E-state index is 10.4. The second kappa shape index (κ2) is 3.19. The topological polar surface area (TPSA) is 72.6 Å². The van der Waals surface area contributed by atoms with Gasteiger partial charge in [-0.25, -0.2) is 0 Å². The number of carbonyl (C=O) groups is 1. The third kappa shape index (κ3) is 1.91. The number of nitrogens with two attached hydrogens (primary N) is 1. The van der Waals surface area contributed by atoms with E-state index in [4.69, 9.17) is 15.6 Å². The van der Waals surface area contributed by atoms with Crippen LogP contribution in [0.25, 0.3) is 0 Å². The molecule has 1 fully saturated rings. The number of ether oxygens (including phenoxy) is 1. The normalized spacial score (nSPS) is 33.6. The van der Waals surface area contributed by atoms with Crippen LogP contribution in [0.1, 0.15) is 19.8 Å². The molecule has 1 heterocycles. The molecule has 3 unspecified atom stereocenters. The van der Waals surface area contributed by atoms with Crippen molar-refractivity contribution in [3.8, 4) is 0 Å². The minimum Gasteiger partial charge on any atom is -0.480 e. The van der Waals surface area contributed by atoms with Crippen molar-refractivity contribution in [1.29, 1.82) is 0 Å². The first-order valence-electron chi connectivity index (χ1n) is 3.75. The number of hydrogen-bond acceptors (Lipinski definition) is 3. The third-order valence-electron chi connectivity index (χ3n) is 1.95. The molecule has 0 aliphatic carbocycles. The molecule has 0 saturated carbocycles. The fourth-order valence-corrected chi connectivity index (χ4v) is 1.26. The number of carboxylic acids is 1. The fraction of sp³-hybridized carbons (Fsp3) is 0.857. The van der Waals surface area contributed by atoms with Gasteiger partial charge in [0.2, 0.25) is 0 Å². The van der Waals surface area contributed by atoms with E-state index in [-0.39, 0.29) is 12.2 Å². The van der Waals surface area contributed by atoms with E-state index in [1.807, 2.05) is 6.92 Å². The van der Waals surface area contributed by atoms with Crippen LogP contribution in [0, 0.1) is 0 Å². The maximum Gasteiger partial charge on any atom is 0.323 e. The summed E-state index contributed by atoms with van der Waals surface area (Å²) in [4.78, 5) is 10.4. The Morgan fingerprint density at radius 2 is 2.36 bits per heavy atom. The highest BCUT2D eigenvalue weighted by Crippen LogP contribution is 2.20. The summed E-state index contributed by atoms with van der Waals surface area (Å²) in [5.74, 6) is -0.982. The second-order valence-electron chi connectivity index (χ2n) is 2.93. The molecule has 1 aliphatic heterocycles. The quantitative estimate of drug-likeness (QED) is 0.593. The van der Waals surface area contributed by atoms with Gasteiger partial charge >= 0.3 is 5.97 Å². The van der Waals surface area contributed by atoms with Crippen molar-refractivity contribution in [2.24, 2.45) is 5.73 Å². The summed E-state index contributed by atoms with van der Waals surface area (Å²) >= 11 is 0. The Kier molecular flexibility index (Phi) is 2.46. The fourth-order valence-electron chi connectivity index (χ4n) is 1.26. The lowest BCUT2D eigenvalue weighted by Crippen LogP contribution is -2.41. The molecule has 1 aliphatic rings. The Morgan fingerprint density at radius 1 is 1.73 bits per heavy atom. The average molecular weight is 159 g/mol. The Morgan fingerprint density at radius 3 is 2.73 bits per heavy atom. The Balaban J connectivity index is 2.43. The smallest absolute Gasteiger partial charge is 0.323 e. The Labute approximate surface area is 65.3 Å². The van der Waals surface area contributed by atoms with Gasteiger partial charge in [-0.1, -0.05) is 0 Å². The van der Waals surface area contributed by atoms with Gasteiger partial charge in [0, 0.05) is 0 Å². The number of aliphatic carboxylic acids is 1. The predicted octanol–water partition coefficient (Wildman–Crippen LogP) is -0.0342. The van der Waals surface area contributed by atoms with E-state index >= 15 is 0 Å². The average Bonchev–Trinajstić information content (AvgIpc) is 2.34. The van der Waals surface area contributed by atoms with Crippen LogP contribution in [-0.2, 0) is 9.53 Å². The van der Waals surface area contributed by atoms with Crippen LogP contribution in [0.15, 0.2) is 0 Å². The minimum absolute atomic E-state index is 0.158. The summed E-state index contributed by atoms with van der Waals surface area (Å²) in [5.41, 5.74) is 5.36. The van der Waals surface area contributed by atoms with Crippen molar-refractivity contribution in [2.75, 3.05) is 0 Å². The van der Waals surface area contributed by atoms with Crippen molar-refractivity contribution in [3.05, 3.63) is 0 Å². The third-order valence-corrected chi connectivity index (χ3v) is 1.95. The van der Waals surface area contributed by atoms with Crippen LogP contribution < -0.4 is 5.73 Å². The summed E-state index contributed by atoms with van der Waals surface area (Å²) < 4.78 is 5.28. The van der Waals surface area contributed by atoms with Gasteiger partial charge in [-0.3, -0.25) is 4.79 Å². The highest BCUT2D eigenvalue weighted by Gasteiger charge is 2.31. The summed E-state index contributed by atoms with van der Waals surface area (Å²) in [6.07, 6.45) is 1.54. The van der Waals surface area contributed by atoms with E-state index in [1.54, 1.807) is 0 Å². The van der Waals surface area contributed by atoms with Crippen LogP contribution in [0.3, 0.4) is 0 Å². The summed E-state index contributed by atoms with van der Waals surface area (Å²) in [7, 11) is 0. The van der Waals surface area contributed by atoms with Gasteiger partial charge in [0.15, 0.2) is 0 Å². The Bertz CT molecular complexity index is 160. The van der Waals surface area contributed by atoms with Crippen LogP contribution in [0.4, 0.5) is 0 Å². The first kappa shape index (κ1) is 8.49. The number of carboxylic acid groups (broad SMARTS) is 1. The zero-order valence-corrected chi connectivity index (χ0v) is 6.49. The first-order valence-corrected chi connectivity index (χ1v) is 3.75. The van der Waals surface area contributed by atoms with Crippen molar-refractivity contribution >= 4 is 5.97 Å². The first-order chi connectivity index (χ1) is 5.11. The van der Waals surface area contributed by atoms with Gasteiger partial charge < -0.3 is 15.6 Å². The molecule has 4 nitrogen and oxygen atoms in total. The highest BCUT2D eigenvalue weighted by molar-refractivity contribution is 5.73. The van der Waals surface area contributed by atoms with Gasteiger partial charge in [0.05, 0.1) is 12.2 Å². The molecule has 0 amide bonds. The predicted molar refractivity (Wildman–Crippen MR) is 39.2 cm³/mol. The molecule has 1 saturated heterocycles.